The Hall–Kier alpha value is -2.12. The van der Waals surface area contributed by atoms with Crippen molar-refractivity contribution in [2.24, 2.45) is 0 Å². The molecule has 4 aromatic rings. The molecule has 3 fully saturated rings. The summed E-state index contributed by atoms with van der Waals surface area (Å²) in [6.45, 7) is -1.87. The molecule has 0 saturated carbocycles. The molecule has 10 atom stereocenters. The number of alkyl halides is 1. The maximum Gasteiger partial charge on any atom is 0.325 e. The maximum absolute atomic E-state index is 16.1. The van der Waals surface area contributed by atoms with Crippen molar-refractivity contribution in [2.75, 3.05) is 26.1 Å². The molecule has 47 heavy (non-hydrogen) atoms. The zero-order valence-electron chi connectivity index (χ0n) is 25.0. The molecule has 0 amide bonds. The van der Waals surface area contributed by atoms with Gasteiger partial charge in [0.2, 0.25) is 7.57 Å². The number of imidazole rings is 2. The summed E-state index contributed by atoms with van der Waals surface area (Å²) in [7, 11) is 3.05. The van der Waals surface area contributed by atoms with Crippen LogP contribution in [-0.4, -0.2) is 98.0 Å². The number of ether oxygens (including phenoxy) is 3. The van der Waals surface area contributed by atoms with Crippen molar-refractivity contribution in [1.29, 1.82) is 0 Å². The van der Waals surface area contributed by atoms with E-state index < -0.39 is 76.1 Å². The molecule has 3 N–H and O–H groups in total. The quantitative estimate of drug-likeness (QED) is 0.231. The summed E-state index contributed by atoms with van der Waals surface area (Å²) in [6.07, 6.45) is -5.37. The third-order valence-electron chi connectivity index (χ3n) is 8.35. The highest BCUT2D eigenvalue weighted by atomic mass is 35.5. The van der Waals surface area contributed by atoms with Gasteiger partial charge in [0.1, 0.15) is 41.9 Å². The van der Waals surface area contributed by atoms with E-state index in [1.165, 1.54) is 30.7 Å². The zero-order valence-corrected chi connectivity index (χ0v) is 28.3. The highest BCUT2D eigenvalue weighted by Gasteiger charge is 2.58. The van der Waals surface area contributed by atoms with Crippen LogP contribution in [0.5, 0.6) is 0 Å². The van der Waals surface area contributed by atoms with Crippen molar-refractivity contribution < 1.29 is 46.2 Å². The van der Waals surface area contributed by atoms with E-state index in [1.807, 2.05) is 13.0 Å². The lowest BCUT2D eigenvalue weighted by atomic mass is 9.98. The van der Waals surface area contributed by atoms with Crippen molar-refractivity contribution in [3.8, 4) is 0 Å². The number of methoxy groups -OCH3 is 1. The lowest BCUT2D eigenvalue weighted by molar-refractivity contribution is -0.113. The Morgan fingerprint density at radius 1 is 1.19 bits per heavy atom. The molecule has 0 bridgehead atoms. The molecule has 6 heterocycles. The van der Waals surface area contributed by atoms with E-state index in [2.05, 4.69) is 19.9 Å². The Balaban J connectivity index is 1.20. The Bertz CT molecular complexity index is 1960. The second-order valence-corrected chi connectivity index (χ2v) is 16.3. The molecule has 2 radical (unpaired) electrons. The van der Waals surface area contributed by atoms with Crippen molar-refractivity contribution in [1.82, 2.24) is 29.1 Å². The summed E-state index contributed by atoms with van der Waals surface area (Å²) in [5.41, 5.74) is 6.83. The summed E-state index contributed by atoms with van der Waals surface area (Å²) < 4.78 is 73.9. The number of anilines is 1. The summed E-state index contributed by atoms with van der Waals surface area (Å²) in [5.74, 6) is 0.0756. The van der Waals surface area contributed by atoms with Gasteiger partial charge in [0.15, 0.2) is 30.1 Å². The van der Waals surface area contributed by atoms with E-state index in [9.17, 15) is 9.46 Å². The minimum atomic E-state index is -4.45. The molecule has 1 aromatic carbocycles. The lowest BCUT2D eigenvalue weighted by Crippen LogP contribution is -2.46. The molecule has 7 rings (SSSR count). The van der Waals surface area contributed by atoms with Crippen molar-refractivity contribution in [3.05, 3.63) is 41.7 Å². The Morgan fingerprint density at radius 2 is 1.96 bits per heavy atom. The molecule has 3 saturated heterocycles. The van der Waals surface area contributed by atoms with Crippen LogP contribution in [0.15, 0.2) is 31.1 Å². The minimum Gasteiger partial charge on any atom is -0.382 e. The molecule has 0 spiro atoms. The number of hydrogen-bond donors (Lipinski definition) is 2. The standard InChI is InChI=1S/C25H28BClFN7O9P2S/c1-11-4-13-14(5-12(11)27)34(9-32-13)24-19(38-3)20-25(2,42-24)7-40-46(37,47)43-18-15(6-39-45(26,36)44-20)41-23(16(18)28)35-10-33-17-21(29)30-8-31-22(17)35/h4-5,8-10,15-16,18-20,23-24H,6-7H2,1-3H3,(H,37,47)(H2,29,30,31)/t15-,16?,18+,19+,20?,23-,24-,25-,45?,46?/m1/s1. The summed E-state index contributed by atoms with van der Waals surface area (Å²) in [6, 6.07) is 3.55. The van der Waals surface area contributed by atoms with Crippen LogP contribution in [0, 0.1) is 6.92 Å². The van der Waals surface area contributed by atoms with Gasteiger partial charge < -0.3 is 43.0 Å². The highest BCUT2D eigenvalue weighted by molar-refractivity contribution is 8.07. The Labute approximate surface area is 278 Å². The van der Waals surface area contributed by atoms with E-state index in [4.69, 9.17) is 69.0 Å². The first-order valence-electron chi connectivity index (χ1n) is 14.1. The molecule has 0 aliphatic carbocycles. The van der Waals surface area contributed by atoms with Crippen LogP contribution in [0.2, 0.25) is 5.02 Å². The fourth-order valence-corrected chi connectivity index (χ4v) is 8.73. The average Bonchev–Trinajstić information content (AvgIpc) is 3.75. The van der Waals surface area contributed by atoms with Crippen LogP contribution in [-0.2, 0) is 48.7 Å². The van der Waals surface area contributed by atoms with Crippen molar-refractivity contribution >= 4 is 73.2 Å². The third kappa shape index (κ3) is 5.94. The van der Waals surface area contributed by atoms with Gasteiger partial charge in [-0.1, -0.05) is 11.6 Å². The van der Waals surface area contributed by atoms with Gasteiger partial charge in [-0.3, -0.25) is 13.7 Å². The summed E-state index contributed by atoms with van der Waals surface area (Å²) >= 11 is 11.7. The molecule has 22 heteroatoms. The fraction of sp³-hybridized carbons (Fsp3) is 0.520. The van der Waals surface area contributed by atoms with Gasteiger partial charge in [-0.05, 0) is 43.4 Å². The second-order valence-electron chi connectivity index (χ2n) is 11.5. The van der Waals surface area contributed by atoms with Crippen LogP contribution in [0.3, 0.4) is 0 Å². The smallest absolute Gasteiger partial charge is 0.325 e. The normalized spacial score (nSPS) is 38.2. The van der Waals surface area contributed by atoms with Crippen molar-refractivity contribution in [2.45, 2.75) is 62.5 Å². The Morgan fingerprint density at radius 3 is 2.72 bits per heavy atom. The number of rotatable bonds is 3. The monoisotopic (exact) mass is 729 g/mol. The van der Waals surface area contributed by atoms with E-state index in [1.54, 1.807) is 17.6 Å². The predicted molar refractivity (Wildman–Crippen MR) is 169 cm³/mol. The number of fused-ring (bicyclic) bond motifs is 4. The third-order valence-corrected chi connectivity index (χ3v) is 11.3. The summed E-state index contributed by atoms with van der Waals surface area (Å²) in [5, 5.41) is 0.501. The van der Waals surface area contributed by atoms with Crippen LogP contribution >= 0.6 is 25.8 Å². The van der Waals surface area contributed by atoms with Crippen LogP contribution in [0.25, 0.3) is 22.2 Å². The van der Waals surface area contributed by atoms with Crippen LogP contribution in [0.1, 0.15) is 24.9 Å². The molecule has 250 valence electrons. The largest absolute Gasteiger partial charge is 0.382 e. The number of nitrogens with zero attached hydrogens (tertiary/aromatic N) is 6. The first-order valence-corrected chi connectivity index (χ1v) is 18.7. The van der Waals surface area contributed by atoms with Crippen LogP contribution < -0.4 is 5.73 Å². The second kappa shape index (κ2) is 12.0. The summed E-state index contributed by atoms with van der Waals surface area (Å²) in [4.78, 5) is 27.8. The first kappa shape index (κ1) is 33.4. The van der Waals surface area contributed by atoms with Gasteiger partial charge in [0, 0.05) is 12.1 Å². The van der Waals surface area contributed by atoms with E-state index in [0.29, 0.717) is 16.1 Å². The molecule has 4 unspecified atom stereocenters. The maximum atomic E-state index is 16.1. The van der Waals surface area contributed by atoms with E-state index in [-0.39, 0.29) is 17.0 Å². The topological polar surface area (TPSA) is 189 Å². The number of benzene rings is 1. The van der Waals surface area contributed by atoms with Gasteiger partial charge >= 0.3 is 6.72 Å². The number of hydrogen-bond acceptors (Lipinski definition) is 14. The predicted octanol–water partition coefficient (Wildman–Crippen LogP) is 3.27. The number of nitrogens with two attached hydrogens (primary N) is 1. The SMILES string of the molecule is [B]P1(=O)OC[C@H]2O[C@@H](n3cnc4c(N)ncnc43)C(F)[C@H]2OP(O)(=S)OC[C@@]2(C)O[C@@H](n3cnc4cc(C)c(Cl)cc43)[C@@H](OC)C2O1. The first-order chi connectivity index (χ1) is 22.2. The fourth-order valence-electron chi connectivity index (χ4n) is 6.00. The zero-order chi connectivity index (χ0) is 33.5. The minimum absolute atomic E-state index is 0.0756. The number of aryl methyl sites for hydroxylation is 1. The number of halogens is 2. The van der Waals surface area contributed by atoms with E-state index >= 15 is 4.39 Å². The molecular weight excluding hydrogens is 702 g/mol. The lowest BCUT2D eigenvalue weighted by Gasteiger charge is -2.35. The number of aromatic nitrogens is 6. The molecular formula is C25H28BClFN7O9P2S. The highest BCUT2D eigenvalue weighted by Crippen LogP contribution is 2.56. The molecule has 3 aromatic heterocycles. The number of nitrogen functional groups attached to an aromatic ring is 1. The van der Waals surface area contributed by atoms with Crippen molar-refractivity contribution in [3.63, 3.8) is 0 Å². The van der Waals surface area contributed by atoms with E-state index in [0.717, 1.165) is 5.56 Å². The Kier molecular flexibility index (Phi) is 8.55. The molecule has 3 aliphatic rings. The van der Waals surface area contributed by atoms with Gasteiger partial charge in [0.05, 0.1) is 36.9 Å². The van der Waals surface area contributed by atoms with Crippen LogP contribution in [0.4, 0.5) is 10.2 Å². The van der Waals surface area contributed by atoms with Gasteiger partial charge in [-0.15, -0.1) is 0 Å². The average molecular weight is 730 g/mol. The van der Waals surface area contributed by atoms with Gasteiger partial charge in [-0.25, -0.2) is 24.3 Å². The van der Waals surface area contributed by atoms with Gasteiger partial charge in [-0.2, -0.15) is 0 Å². The van der Waals surface area contributed by atoms with Gasteiger partial charge in [0.25, 0.3) is 7.47 Å². The molecule has 16 nitrogen and oxygen atoms in total. The molecule has 3 aliphatic heterocycles.